The highest BCUT2D eigenvalue weighted by Crippen LogP contribution is 2.31. The summed E-state index contributed by atoms with van der Waals surface area (Å²) in [6.45, 7) is 2.72. The third-order valence-electron chi connectivity index (χ3n) is 3.42. The van der Waals surface area contributed by atoms with E-state index in [4.69, 9.17) is 27.6 Å². The van der Waals surface area contributed by atoms with Gasteiger partial charge in [-0.25, -0.2) is 0 Å². The molecule has 2 heterocycles. The molecule has 9 heteroatoms. The van der Waals surface area contributed by atoms with Gasteiger partial charge in [0.1, 0.15) is 5.76 Å². The molecule has 3 aromatic rings. The van der Waals surface area contributed by atoms with E-state index in [0.29, 0.717) is 27.9 Å². The Balaban J connectivity index is 1.71. The minimum Gasteiger partial charge on any atom is -0.451 e. The number of furan rings is 1. The summed E-state index contributed by atoms with van der Waals surface area (Å²) in [7, 11) is 0. The number of aryl methyl sites for hydroxylation is 1. The fourth-order valence-electron chi connectivity index (χ4n) is 2.14. The number of rotatable bonds is 6. The molecule has 0 aliphatic carbocycles. The molecule has 0 saturated carbocycles. The first-order valence-electron chi connectivity index (χ1n) is 7.71. The molecule has 1 aromatic carbocycles. The van der Waals surface area contributed by atoms with Gasteiger partial charge in [0.05, 0.1) is 11.6 Å². The SMILES string of the molecule is CCCCn1nnc(NC(=O)c2ccc(-c3ccc(Cl)cc3Cl)o2)n1. The molecule has 130 valence electrons. The van der Waals surface area contributed by atoms with E-state index in [-0.39, 0.29) is 11.7 Å². The van der Waals surface area contributed by atoms with Gasteiger partial charge in [-0.1, -0.05) is 41.6 Å². The Morgan fingerprint density at radius 1 is 1.28 bits per heavy atom. The van der Waals surface area contributed by atoms with Crippen LogP contribution < -0.4 is 5.32 Å². The number of anilines is 1. The van der Waals surface area contributed by atoms with E-state index in [0.717, 1.165) is 12.8 Å². The standard InChI is InChI=1S/C16H15Cl2N5O2/c1-2-3-8-23-21-16(20-22-23)19-15(24)14-7-6-13(25-14)11-5-4-10(17)9-12(11)18/h4-7,9H,2-3,8H2,1H3,(H,19,21,24). The molecule has 7 nitrogen and oxygen atoms in total. The second-order valence-electron chi connectivity index (χ2n) is 5.30. The first-order valence-corrected chi connectivity index (χ1v) is 8.47. The normalized spacial score (nSPS) is 10.8. The van der Waals surface area contributed by atoms with Crippen LogP contribution in [0.5, 0.6) is 0 Å². The number of nitrogens with zero attached hydrogens (tertiary/aromatic N) is 4. The zero-order valence-electron chi connectivity index (χ0n) is 13.4. The monoisotopic (exact) mass is 379 g/mol. The largest absolute Gasteiger partial charge is 0.451 e. The summed E-state index contributed by atoms with van der Waals surface area (Å²) < 4.78 is 5.57. The van der Waals surface area contributed by atoms with E-state index in [1.165, 1.54) is 4.80 Å². The van der Waals surface area contributed by atoms with Crippen molar-refractivity contribution in [2.75, 3.05) is 5.32 Å². The Morgan fingerprint density at radius 2 is 2.12 bits per heavy atom. The van der Waals surface area contributed by atoms with Crippen LogP contribution in [0.4, 0.5) is 5.95 Å². The van der Waals surface area contributed by atoms with Crippen LogP contribution >= 0.6 is 23.2 Å². The second kappa shape index (κ2) is 7.67. The van der Waals surface area contributed by atoms with Gasteiger partial charge in [0.25, 0.3) is 11.9 Å². The van der Waals surface area contributed by atoms with Crippen molar-refractivity contribution in [3.63, 3.8) is 0 Å². The highest BCUT2D eigenvalue weighted by atomic mass is 35.5. The molecular formula is C16H15Cl2N5O2. The van der Waals surface area contributed by atoms with Crippen molar-refractivity contribution in [2.45, 2.75) is 26.3 Å². The molecule has 0 radical (unpaired) electrons. The fraction of sp³-hybridized carbons (Fsp3) is 0.250. The molecule has 0 bridgehead atoms. The maximum absolute atomic E-state index is 12.2. The number of carbonyl (C=O) groups excluding carboxylic acids is 1. The average molecular weight is 380 g/mol. The van der Waals surface area contributed by atoms with Crippen molar-refractivity contribution in [2.24, 2.45) is 0 Å². The molecule has 1 N–H and O–H groups in total. The Bertz CT molecular complexity index is 890. The molecule has 0 atom stereocenters. The number of hydrogen-bond donors (Lipinski definition) is 1. The predicted molar refractivity (Wildman–Crippen MR) is 94.8 cm³/mol. The molecule has 0 fully saturated rings. The Kier molecular flexibility index (Phi) is 5.35. The number of nitrogens with one attached hydrogen (secondary N) is 1. The third-order valence-corrected chi connectivity index (χ3v) is 3.96. The molecule has 25 heavy (non-hydrogen) atoms. The zero-order valence-corrected chi connectivity index (χ0v) is 14.9. The predicted octanol–water partition coefficient (Wildman–Crippen LogP) is 4.29. The van der Waals surface area contributed by atoms with Gasteiger partial charge in [-0.05, 0) is 42.0 Å². The molecule has 0 spiro atoms. The lowest BCUT2D eigenvalue weighted by Gasteiger charge is -2.01. The summed E-state index contributed by atoms with van der Waals surface area (Å²) in [5.74, 6) is 0.243. The second-order valence-corrected chi connectivity index (χ2v) is 6.15. The van der Waals surface area contributed by atoms with Crippen LogP contribution in [0, 0.1) is 0 Å². The topological polar surface area (TPSA) is 85.8 Å². The number of unbranched alkanes of at least 4 members (excludes halogenated alkanes) is 1. The molecule has 1 amide bonds. The first-order chi connectivity index (χ1) is 12.1. The van der Waals surface area contributed by atoms with E-state index in [1.54, 1.807) is 30.3 Å². The minimum absolute atomic E-state index is 0.117. The van der Waals surface area contributed by atoms with E-state index in [9.17, 15) is 4.79 Å². The first kappa shape index (κ1) is 17.4. The quantitative estimate of drug-likeness (QED) is 0.689. The summed E-state index contributed by atoms with van der Waals surface area (Å²) >= 11 is 12.0. The molecule has 0 aliphatic heterocycles. The van der Waals surface area contributed by atoms with Gasteiger partial charge < -0.3 is 4.42 Å². The molecule has 0 aliphatic rings. The molecule has 3 rings (SSSR count). The summed E-state index contributed by atoms with van der Waals surface area (Å²) in [4.78, 5) is 13.7. The summed E-state index contributed by atoms with van der Waals surface area (Å²) in [5.41, 5.74) is 0.647. The summed E-state index contributed by atoms with van der Waals surface area (Å²) in [6.07, 6.45) is 1.96. The van der Waals surface area contributed by atoms with Gasteiger partial charge in [-0.3, -0.25) is 10.1 Å². The maximum atomic E-state index is 12.2. The van der Waals surface area contributed by atoms with Crippen LogP contribution in [0.3, 0.4) is 0 Å². The summed E-state index contributed by atoms with van der Waals surface area (Å²) in [6, 6.07) is 8.25. The van der Waals surface area contributed by atoms with Crippen molar-refractivity contribution in [3.8, 4) is 11.3 Å². The number of aromatic nitrogens is 4. The van der Waals surface area contributed by atoms with E-state index in [2.05, 4.69) is 27.7 Å². The number of amides is 1. The van der Waals surface area contributed by atoms with E-state index < -0.39 is 5.91 Å². The Hall–Kier alpha value is -2.38. The van der Waals surface area contributed by atoms with Gasteiger partial charge in [0, 0.05) is 10.6 Å². The number of carbonyl (C=O) groups is 1. The maximum Gasteiger partial charge on any atom is 0.293 e. The number of hydrogen-bond acceptors (Lipinski definition) is 5. The molecular weight excluding hydrogens is 365 g/mol. The Labute approximate surface area is 153 Å². The lowest BCUT2D eigenvalue weighted by Crippen LogP contribution is -2.12. The van der Waals surface area contributed by atoms with Crippen molar-refractivity contribution in [1.29, 1.82) is 0 Å². The van der Waals surface area contributed by atoms with Crippen molar-refractivity contribution >= 4 is 35.1 Å². The number of tetrazole rings is 1. The average Bonchev–Trinajstić information content (AvgIpc) is 3.22. The number of benzene rings is 1. The van der Waals surface area contributed by atoms with Gasteiger partial charge in [-0.2, -0.15) is 4.80 Å². The zero-order chi connectivity index (χ0) is 17.8. The van der Waals surface area contributed by atoms with Gasteiger partial charge in [0.2, 0.25) is 0 Å². The van der Waals surface area contributed by atoms with Crippen LogP contribution in [-0.2, 0) is 6.54 Å². The smallest absolute Gasteiger partial charge is 0.293 e. The summed E-state index contributed by atoms with van der Waals surface area (Å²) in [5, 5.41) is 15.3. The lowest BCUT2D eigenvalue weighted by atomic mass is 10.2. The van der Waals surface area contributed by atoms with Crippen LogP contribution in [0.1, 0.15) is 30.3 Å². The van der Waals surface area contributed by atoms with Crippen molar-refractivity contribution in [3.05, 3.63) is 46.1 Å². The van der Waals surface area contributed by atoms with Crippen molar-refractivity contribution in [1.82, 2.24) is 20.2 Å². The van der Waals surface area contributed by atoms with Gasteiger partial charge >= 0.3 is 0 Å². The van der Waals surface area contributed by atoms with Crippen LogP contribution in [0.2, 0.25) is 10.0 Å². The Morgan fingerprint density at radius 3 is 2.88 bits per heavy atom. The fourth-order valence-corrected chi connectivity index (χ4v) is 2.65. The molecule has 2 aromatic heterocycles. The van der Waals surface area contributed by atoms with E-state index in [1.807, 2.05) is 0 Å². The van der Waals surface area contributed by atoms with Crippen LogP contribution in [0.15, 0.2) is 34.7 Å². The molecule has 0 saturated heterocycles. The molecule has 0 unspecified atom stereocenters. The van der Waals surface area contributed by atoms with Crippen LogP contribution in [-0.4, -0.2) is 26.1 Å². The van der Waals surface area contributed by atoms with Gasteiger partial charge in [-0.15, -0.1) is 5.10 Å². The third kappa shape index (κ3) is 4.18. The lowest BCUT2D eigenvalue weighted by molar-refractivity contribution is 0.0996. The highest BCUT2D eigenvalue weighted by Gasteiger charge is 2.16. The number of halogens is 2. The minimum atomic E-state index is -0.466. The van der Waals surface area contributed by atoms with Gasteiger partial charge in [0.15, 0.2) is 5.76 Å². The van der Waals surface area contributed by atoms with Crippen LogP contribution in [0.25, 0.3) is 11.3 Å². The van der Waals surface area contributed by atoms with E-state index >= 15 is 0 Å². The van der Waals surface area contributed by atoms with Crippen molar-refractivity contribution < 1.29 is 9.21 Å². The highest BCUT2D eigenvalue weighted by molar-refractivity contribution is 6.36.